The lowest BCUT2D eigenvalue weighted by molar-refractivity contribution is -0.260. The first kappa shape index (κ1) is 23.1. The molecule has 2 saturated carbocycles. The number of rotatable bonds is 4. The highest BCUT2D eigenvalue weighted by atomic mass is 16.7. The maximum atomic E-state index is 14.4. The van der Waals surface area contributed by atoms with Gasteiger partial charge >= 0.3 is 0 Å². The fourth-order valence-electron chi connectivity index (χ4n) is 10.4. The van der Waals surface area contributed by atoms with Gasteiger partial charge in [-0.15, -0.1) is 0 Å². The molecule has 39 heavy (non-hydrogen) atoms. The quantitative estimate of drug-likeness (QED) is 0.644. The van der Waals surface area contributed by atoms with E-state index in [0.717, 1.165) is 55.8 Å². The summed E-state index contributed by atoms with van der Waals surface area (Å²) in [5, 5.41) is 11.1. The monoisotopic (exact) mass is 528 g/mol. The molecular formula is C32H36N2O5. The Hall–Kier alpha value is -2.61. The lowest BCUT2D eigenvalue weighted by Gasteiger charge is -2.67. The summed E-state index contributed by atoms with van der Waals surface area (Å²) in [6.07, 6.45) is 8.13. The van der Waals surface area contributed by atoms with Crippen molar-refractivity contribution >= 4 is 5.91 Å². The van der Waals surface area contributed by atoms with Crippen molar-refractivity contribution in [3.63, 3.8) is 0 Å². The largest absolute Gasteiger partial charge is 0.504 e. The highest BCUT2D eigenvalue weighted by Crippen LogP contribution is 2.74. The van der Waals surface area contributed by atoms with Crippen LogP contribution in [0.25, 0.3) is 0 Å². The Morgan fingerprint density at radius 1 is 1.03 bits per heavy atom. The Kier molecular flexibility index (Phi) is 4.61. The molecule has 1 amide bonds. The van der Waals surface area contributed by atoms with Crippen LogP contribution in [0.2, 0.25) is 0 Å². The Bertz CT molecular complexity index is 1360. The summed E-state index contributed by atoms with van der Waals surface area (Å²) in [5.41, 5.74) is 1.75. The molecule has 9 rings (SSSR count). The average Bonchev–Trinajstić information content (AvgIpc) is 3.59. The number of likely N-dealkylation sites (tertiary alicyclic amines) is 2. The van der Waals surface area contributed by atoms with Crippen LogP contribution in [0.1, 0.15) is 61.6 Å². The van der Waals surface area contributed by atoms with E-state index in [1.54, 1.807) is 6.07 Å². The minimum absolute atomic E-state index is 0.00607. The second kappa shape index (κ2) is 7.77. The standard InChI is InChI=1S/C32H36N2O5/c35-23-11-10-22-16-24-31-12-13-32-28(27(39-31)29(36)34(32)18-21-6-2-1-3-7-21)30(31,25(22)26(23)37-19-38-32)14-15-33(24)17-20-8-4-5-9-20/h1-3,6-7,10-11,20,24,27-28,35H,4-5,8-9,12-19H2/t24?,27-,28?,30?,31?,32?/m0/s1. The minimum atomic E-state index is -0.784. The predicted octanol–water partition coefficient (Wildman–Crippen LogP) is 4.10. The van der Waals surface area contributed by atoms with Gasteiger partial charge in [-0.2, -0.15) is 0 Å². The number of amides is 1. The predicted molar refractivity (Wildman–Crippen MR) is 142 cm³/mol. The van der Waals surface area contributed by atoms with Crippen LogP contribution in [0.4, 0.5) is 0 Å². The van der Waals surface area contributed by atoms with Crippen LogP contribution in [0, 0.1) is 11.8 Å². The second-order valence-corrected chi connectivity index (χ2v) is 13.1. The summed E-state index contributed by atoms with van der Waals surface area (Å²) in [4.78, 5) is 19.1. The Morgan fingerprint density at radius 2 is 1.87 bits per heavy atom. The highest BCUT2D eigenvalue weighted by molar-refractivity contribution is 5.87. The smallest absolute Gasteiger partial charge is 0.254 e. The van der Waals surface area contributed by atoms with Gasteiger partial charge in [-0.05, 0) is 68.2 Å². The molecule has 1 N–H and O–H groups in total. The third-order valence-electron chi connectivity index (χ3n) is 11.8. The Labute approximate surface area is 229 Å². The third kappa shape index (κ3) is 2.68. The molecule has 7 aliphatic rings. The molecule has 4 heterocycles. The van der Waals surface area contributed by atoms with Gasteiger partial charge in [-0.25, -0.2) is 0 Å². The average molecular weight is 529 g/mol. The molecule has 1 spiro atoms. The molecule has 5 unspecified atom stereocenters. The van der Waals surface area contributed by atoms with Crippen molar-refractivity contribution in [3.8, 4) is 11.5 Å². The van der Waals surface area contributed by atoms with Crippen molar-refractivity contribution in [2.24, 2.45) is 11.8 Å². The van der Waals surface area contributed by atoms with Gasteiger partial charge in [0.05, 0.1) is 11.5 Å². The number of nitrogens with zero attached hydrogens (tertiary/aromatic N) is 2. The lowest BCUT2D eigenvalue weighted by atomic mass is 9.45. The number of aromatic hydroxyl groups is 1. The van der Waals surface area contributed by atoms with Crippen molar-refractivity contribution in [2.75, 3.05) is 19.9 Å². The number of phenolic OH excluding ortho intramolecular Hbond substituents is 1. The van der Waals surface area contributed by atoms with E-state index in [0.29, 0.717) is 12.3 Å². The molecule has 7 nitrogen and oxygen atoms in total. The van der Waals surface area contributed by atoms with E-state index < -0.39 is 22.8 Å². The van der Waals surface area contributed by atoms with Gasteiger partial charge in [0.15, 0.2) is 24.0 Å². The molecule has 7 heteroatoms. The third-order valence-corrected chi connectivity index (χ3v) is 11.8. The highest BCUT2D eigenvalue weighted by Gasteiger charge is 2.84. The topological polar surface area (TPSA) is 71.5 Å². The molecule has 0 radical (unpaired) electrons. The zero-order chi connectivity index (χ0) is 26.0. The molecule has 0 aromatic heterocycles. The van der Waals surface area contributed by atoms with E-state index in [1.807, 2.05) is 23.1 Å². The van der Waals surface area contributed by atoms with E-state index in [-0.39, 0.29) is 30.4 Å². The molecule has 5 bridgehead atoms. The van der Waals surface area contributed by atoms with Crippen LogP contribution >= 0.6 is 0 Å². The fourth-order valence-corrected chi connectivity index (χ4v) is 10.4. The van der Waals surface area contributed by atoms with Gasteiger partial charge in [-0.1, -0.05) is 49.2 Å². The molecule has 204 valence electrons. The maximum Gasteiger partial charge on any atom is 0.254 e. The number of carbonyl (C=O) groups excluding carboxylic acids is 1. The van der Waals surface area contributed by atoms with Gasteiger partial charge < -0.3 is 24.2 Å². The first-order valence-electron chi connectivity index (χ1n) is 15.0. The van der Waals surface area contributed by atoms with Crippen molar-refractivity contribution in [1.29, 1.82) is 0 Å². The van der Waals surface area contributed by atoms with Crippen LogP contribution in [-0.4, -0.2) is 64.2 Å². The summed E-state index contributed by atoms with van der Waals surface area (Å²) >= 11 is 0. The van der Waals surface area contributed by atoms with Crippen molar-refractivity contribution in [2.45, 2.75) is 86.8 Å². The van der Waals surface area contributed by atoms with Crippen molar-refractivity contribution in [3.05, 3.63) is 59.2 Å². The molecule has 5 fully saturated rings. The minimum Gasteiger partial charge on any atom is -0.504 e. The summed E-state index contributed by atoms with van der Waals surface area (Å²) in [6.45, 7) is 2.60. The maximum absolute atomic E-state index is 14.4. The molecule has 2 aromatic carbocycles. The molecule has 3 saturated heterocycles. The Morgan fingerprint density at radius 3 is 2.72 bits per heavy atom. The normalized spacial score (nSPS) is 39.9. The first-order chi connectivity index (χ1) is 19.1. The zero-order valence-electron chi connectivity index (χ0n) is 22.3. The van der Waals surface area contributed by atoms with Crippen molar-refractivity contribution < 1.29 is 24.1 Å². The number of ether oxygens (including phenoxy) is 3. The van der Waals surface area contributed by atoms with E-state index in [9.17, 15) is 9.90 Å². The summed E-state index contributed by atoms with van der Waals surface area (Å²) in [5.74, 6) is 1.38. The molecule has 6 atom stereocenters. The zero-order valence-corrected chi connectivity index (χ0v) is 22.3. The first-order valence-corrected chi connectivity index (χ1v) is 15.0. The van der Waals surface area contributed by atoms with E-state index in [2.05, 4.69) is 23.1 Å². The van der Waals surface area contributed by atoms with Gasteiger partial charge in [0.25, 0.3) is 5.91 Å². The summed E-state index contributed by atoms with van der Waals surface area (Å²) in [6, 6.07) is 14.3. The SMILES string of the molecule is O=C1[C@H]2OC34CCC5(OCOc6c(O)ccc7c6C3(CCN(CC3CCCC3)C4C7)C25)N1Cc1ccccc1. The van der Waals surface area contributed by atoms with Crippen molar-refractivity contribution in [1.82, 2.24) is 9.80 Å². The number of benzene rings is 2. The van der Waals surface area contributed by atoms with Crippen LogP contribution in [0.15, 0.2) is 42.5 Å². The van der Waals surface area contributed by atoms with E-state index in [1.165, 1.54) is 31.2 Å². The number of piperidine rings is 1. The van der Waals surface area contributed by atoms with Gasteiger partial charge in [-0.3, -0.25) is 9.69 Å². The fraction of sp³-hybridized carbons (Fsp3) is 0.594. The van der Waals surface area contributed by atoms with E-state index >= 15 is 0 Å². The summed E-state index contributed by atoms with van der Waals surface area (Å²) in [7, 11) is 0. The van der Waals surface area contributed by atoms with Crippen LogP contribution in [0.3, 0.4) is 0 Å². The molecule has 2 aromatic rings. The van der Waals surface area contributed by atoms with Crippen LogP contribution in [-0.2, 0) is 32.6 Å². The lowest BCUT2D eigenvalue weighted by Crippen LogP contribution is -2.77. The number of carbonyl (C=O) groups is 1. The van der Waals surface area contributed by atoms with E-state index in [4.69, 9.17) is 14.2 Å². The summed E-state index contributed by atoms with van der Waals surface area (Å²) < 4.78 is 20.3. The van der Waals surface area contributed by atoms with Crippen LogP contribution < -0.4 is 4.74 Å². The van der Waals surface area contributed by atoms with Gasteiger partial charge in [0.1, 0.15) is 6.10 Å². The molecule has 4 aliphatic heterocycles. The number of hydrogen-bond donors (Lipinski definition) is 1. The number of hydrogen-bond acceptors (Lipinski definition) is 6. The second-order valence-electron chi connectivity index (χ2n) is 13.1. The molecule has 3 aliphatic carbocycles. The Balaban J connectivity index is 1.23. The van der Waals surface area contributed by atoms with Gasteiger partial charge in [0.2, 0.25) is 0 Å². The molecular weight excluding hydrogens is 492 g/mol. The number of phenols is 1. The van der Waals surface area contributed by atoms with Crippen LogP contribution in [0.5, 0.6) is 11.5 Å². The van der Waals surface area contributed by atoms with Gasteiger partial charge in [0, 0.05) is 30.1 Å².